The molecule has 0 aliphatic carbocycles. The lowest BCUT2D eigenvalue weighted by Gasteiger charge is -2.06. The molecule has 24 heavy (non-hydrogen) atoms. The highest BCUT2D eigenvalue weighted by atomic mass is 35.5. The second-order valence-electron chi connectivity index (χ2n) is 5.17. The molecule has 0 radical (unpaired) electrons. The van der Waals surface area contributed by atoms with Crippen LogP contribution in [0.15, 0.2) is 53.7 Å². The van der Waals surface area contributed by atoms with Gasteiger partial charge in [-0.15, -0.1) is 0 Å². The molecular formula is C16H16ClN3O3S. The molecule has 3 rings (SSSR count). The van der Waals surface area contributed by atoms with E-state index in [1.54, 1.807) is 24.4 Å². The molecule has 0 saturated heterocycles. The number of aromatic nitrogens is 2. The summed E-state index contributed by atoms with van der Waals surface area (Å²) in [6.07, 6.45) is 4.08. The van der Waals surface area contributed by atoms with E-state index in [1.165, 1.54) is 19.2 Å². The molecule has 1 aromatic carbocycles. The van der Waals surface area contributed by atoms with E-state index in [0.29, 0.717) is 17.2 Å². The van der Waals surface area contributed by atoms with Crippen LogP contribution in [-0.2, 0) is 16.4 Å². The van der Waals surface area contributed by atoms with Gasteiger partial charge in [0.2, 0.25) is 10.0 Å². The van der Waals surface area contributed by atoms with Crippen molar-refractivity contribution in [1.29, 1.82) is 0 Å². The van der Waals surface area contributed by atoms with Crippen LogP contribution in [0.5, 0.6) is 5.75 Å². The molecule has 0 spiro atoms. The van der Waals surface area contributed by atoms with Crippen molar-refractivity contribution < 1.29 is 13.2 Å². The molecule has 0 bridgehead atoms. The Bertz CT molecular complexity index is 952. The van der Waals surface area contributed by atoms with Crippen LogP contribution in [-0.4, -0.2) is 31.5 Å². The highest BCUT2D eigenvalue weighted by molar-refractivity contribution is 7.89. The first-order valence-corrected chi connectivity index (χ1v) is 9.11. The van der Waals surface area contributed by atoms with E-state index in [1.807, 2.05) is 16.7 Å². The molecule has 0 amide bonds. The highest BCUT2D eigenvalue weighted by Gasteiger charge is 2.13. The lowest BCUT2D eigenvalue weighted by atomic mass is 10.3. The monoisotopic (exact) mass is 365 g/mol. The number of nitrogens with one attached hydrogen (secondary N) is 1. The third-order valence-corrected chi connectivity index (χ3v) is 5.21. The van der Waals surface area contributed by atoms with E-state index in [0.717, 1.165) is 11.3 Å². The zero-order chi connectivity index (χ0) is 17.2. The Labute approximate surface area is 145 Å². The van der Waals surface area contributed by atoms with Gasteiger partial charge < -0.3 is 9.14 Å². The molecule has 0 atom stereocenters. The largest absolute Gasteiger partial charge is 0.497 e. The quantitative estimate of drug-likeness (QED) is 0.728. The fourth-order valence-corrected chi connectivity index (χ4v) is 3.49. The van der Waals surface area contributed by atoms with Gasteiger partial charge in [0.05, 0.1) is 22.7 Å². The molecule has 8 heteroatoms. The van der Waals surface area contributed by atoms with Gasteiger partial charge in [-0.3, -0.25) is 0 Å². The molecule has 0 fully saturated rings. The number of fused-ring (bicyclic) bond motifs is 1. The van der Waals surface area contributed by atoms with Crippen molar-refractivity contribution >= 4 is 27.3 Å². The second kappa shape index (κ2) is 6.80. The molecule has 0 saturated carbocycles. The smallest absolute Gasteiger partial charge is 0.240 e. The average Bonchev–Trinajstić information content (AvgIpc) is 2.96. The van der Waals surface area contributed by atoms with Gasteiger partial charge in [-0.1, -0.05) is 11.6 Å². The number of benzene rings is 1. The Morgan fingerprint density at radius 3 is 2.62 bits per heavy atom. The maximum atomic E-state index is 12.2. The van der Waals surface area contributed by atoms with Gasteiger partial charge >= 0.3 is 0 Å². The molecule has 0 unspecified atom stereocenters. The van der Waals surface area contributed by atoms with E-state index >= 15 is 0 Å². The van der Waals surface area contributed by atoms with E-state index in [-0.39, 0.29) is 11.4 Å². The first kappa shape index (κ1) is 16.8. The molecule has 0 aliphatic heterocycles. The number of hydrogen-bond acceptors (Lipinski definition) is 4. The summed E-state index contributed by atoms with van der Waals surface area (Å²) in [5.74, 6) is 0.609. The summed E-state index contributed by atoms with van der Waals surface area (Å²) in [5, 5.41) is 0.617. The van der Waals surface area contributed by atoms with Crippen molar-refractivity contribution in [3.05, 3.63) is 59.5 Å². The number of halogens is 1. The Hall–Kier alpha value is -2.09. The maximum Gasteiger partial charge on any atom is 0.240 e. The summed E-state index contributed by atoms with van der Waals surface area (Å²) in [5.41, 5.74) is 1.56. The van der Waals surface area contributed by atoms with Crippen molar-refractivity contribution in [3.63, 3.8) is 0 Å². The Balaban J connectivity index is 1.65. The highest BCUT2D eigenvalue weighted by Crippen LogP contribution is 2.15. The van der Waals surface area contributed by atoms with E-state index in [2.05, 4.69) is 9.71 Å². The summed E-state index contributed by atoms with van der Waals surface area (Å²) in [7, 11) is -2.02. The molecule has 126 valence electrons. The average molecular weight is 366 g/mol. The van der Waals surface area contributed by atoms with E-state index in [4.69, 9.17) is 16.3 Å². The van der Waals surface area contributed by atoms with Crippen molar-refractivity contribution in [2.24, 2.45) is 0 Å². The van der Waals surface area contributed by atoms with Crippen LogP contribution in [0.3, 0.4) is 0 Å². The van der Waals surface area contributed by atoms with Crippen LogP contribution in [0.2, 0.25) is 5.02 Å². The van der Waals surface area contributed by atoms with Gasteiger partial charge in [-0.05, 0) is 36.4 Å². The molecule has 2 aromatic heterocycles. The van der Waals surface area contributed by atoms with Crippen LogP contribution < -0.4 is 9.46 Å². The van der Waals surface area contributed by atoms with Gasteiger partial charge in [0, 0.05) is 25.4 Å². The molecule has 0 aliphatic rings. The molecule has 2 heterocycles. The number of methoxy groups -OCH3 is 1. The number of hydrogen-bond donors (Lipinski definition) is 1. The van der Waals surface area contributed by atoms with Crippen LogP contribution in [0.4, 0.5) is 0 Å². The number of imidazole rings is 1. The summed E-state index contributed by atoms with van der Waals surface area (Å²) < 4.78 is 33.9. The number of sulfonamides is 1. The van der Waals surface area contributed by atoms with Crippen molar-refractivity contribution in [1.82, 2.24) is 14.1 Å². The first-order chi connectivity index (χ1) is 11.5. The first-order valence-electron chi connectivity index (χ1n) is 7.25. The molecule has 3 aromatic rings. The van der Waals surface area contributed by atoms with Crippen molar-refractivity contribution in [3.8, 4) is 5.75 Å². The lowest BCUT2D eigenvalue weighted by Crippen LogP contribution is -2.26. The predicted octanol–water partition coefficient (Wildman–Crippen LogP) is 2.52. The maximum absolute atomic E-state index is 12.2. The second-order valence-corrected chi connectivity index (χ2v) is 7.37. The minimum absolute atomic E-state index is 0.199. The zero-order valence-electron chi connectivity index (χ0n) is 12.9. The number of rotatable bonds is 6. The number of pyridine rings is 1. The van der Waals surface area contributed by atoms with E-state index < -0.39 is 10.0 Å². The summed E-state index contributed by atoms with van der Waals surface area (Å²) in [6, 6.07) is 9.82. The van der Waals surface area contributed by atoms with Crippen LogP contribution in [0.1, 0.15) is 5.69 Å². The van der Waals surface area contributed by atoms with Crippen molar-refractivity contribution in [2.75, 3.05) is 13.7 Å². The van der Waals surface area contributed by atoms with Gasteiger partial charge in [0.25, 0.3) is 0 Å². The van der Waals surface area contributed by atoms with Gasteiger partial charge in [0.15, 0.2) is 0 Å². The predicted molar refractivity (Wildman–Crippen MR) is 92.1 cm³/mol. The summed E-state index contributed by atoms with van der Waals surface area (Å²) in [6.45, 7) is 0.256. The standard InChI is InChI=1S/C16H16ClN3O3S/c1-23-14-3-5-15(6-4-14)24(21,22)18-9-8-13-11-20-10-12(17)2-7-16(20)19-13/h2-7,10-11,18H,8-9H2,1H3. The normalized spacial score (nSPS) is 11.8. The third kappa shape index (κ3) is 3.69. The van der Waals surface area contributed by atoms with Crippen LogP contribution in [0, 0.1) is 0 Å². The van der Waals surface area contributed by atoms with Crippen LogP contribution in [0.25, 0.3) is 5.65 Å². The van der Waals surface area contributed by atoms with Gasteiger partial charge in [-0.25, -0.2) is 18.1 Å². The Kier molecular flexibility index (Phi) is 4.75. The van der Waals surface area contributed by atoms with Crippen LogP contribution >= 0.6 is 11.6 Å². The topological polar surface area (TPSA) is 72.7 Å². The lowest BCUT2D eigenvalue weighted by molar-refractivity contribution is 0.414. The minimum atomic E-state index is -3.55. The van der Waals surface area contributed by atoms with E-state index in [9.17, 15) is 8.42 Å². The fraction of sp³-hybridized carbons (Fsp3) is 0.188. The summed E-state index contributed by atoms with van der Waals surface area (Å²) >= 11 is 5.93. The Morgan fingerprint density at radius 1 is 1.17 bits per heavy atom. The van der Waals surface area contributed by atoms with Crippen molar-refractivity contribution in [2.45, 2.75) is 11.3 Å². The molecular weight excluding hydrogens is 350 g/mol. The zero-order valence-corrected chi connectivity index (χ0v) is 14.5. The number of ether oxygens (including phenoxy) is 1. The van der Waals surface area contributed by atoms with Gasteiger partial charge in [0.1, 0.15) is 11.4 Å². The Morgan fingerprint density at radius 2 is 1.92 bits per heavy atom. The molecule has 1 N–H and O–H groups in total. The number of nitrogens with zero attached hydrogens (tertiary/aromatic N) is 2. The SMILES string of the molecule is COc1ccc(S(=O)(=O)NCCc2cn3cc(Cl)ccc3n2)cc1. The van der Waals surface area contributed by atoms with Gasteiger partial charge in [-0.2, -0.15) is 0 Å². The minimum Gasteiger partial charge on any atom is -0.497 e. The summed E-state index contributed by atoms with van der Waals surface area (Å²) in [4.78, 5) is 4.62. The fourth-order valence-electron chi connectivity index (χ4n) is 2.29. The third-order valence-electron chi connectivity index (χ3n) is 3.51. The molecule has 6 nitrogen and oxygen atoms in total.